The fourth-order valence-electron chi connectivity index (χ4n) is 4.84. The van der Waals surface area contributed by atoms with Crippen molar-refractivity contribution in [1.29, 1.82) is 0 Å². The Balaban J connectivity index is 1.29. The molecule has 0 aromatic heterocycles. The molecule has 4 aromatic rings. The predicted octanol–water partition coefficient (Wildman–Crippen LogP) is 6.13. The summed E-state index contributed by atoms with van der Waals surface area (Å²) in [4.78, 5) is 35.0. The second-order valence-electron chi connectivity index (χ2n) is 9.80. The zero-order valence-corrected chi connectivity index (χ0v) is 23.5. The van der Waals surface area contributed by atoms with Crippen LogP contribution in [0.3, 0.4) is 0 Å². The Labute approximate surface area is 243 Å². The van der Waals surface area contributed by atoms with Gasteiger partial charge in [-0.3, -0.25) is 14.5 Å². The first-order valence-corrected chi connectivity index (χ1v) is 14.3. The summed E-state index contributed by atoms with van der Waals surface area (Å²) in [6.45, 7) is 2.65. The van der Waals surface area contributed by atoms with Crippen LogP contribution in [-0.2, 0) is 16.1 Å². The summed E-state index contributed by atoms with van der Waals surface area (Å²) in [5.74, 6) is 0.519. The average molecular weight is 564 g/mol. The van der Waals surface area contributed by atoms with Crippen LogP contribution in [0.5, 0.6) is 5.75 Å². The maximum absolute atomic E-state index is 13.4. The number of carbonyl (C=O) groups excluding carboxylic acids is 2. The number of carbonyl (C=O) groups is 2. The molecule has 0 bridgehead atoms. The van der Waals surface area contributed by atoms with E-state index in [-0.39, 0.29) is 11.8 Å². The van der Waals surface area contributed by atoms with Gasteiger partial charge in [0.1, 0.15) is 12.4 Å². The second-order valence-corrected chi connectivity index (χ2v) is 10.8. The summed E-state index contributed by atoms with van der Waals surface area (Å²) < 4.78 is 11.6. The normalized spacial score (nSPS) is 17.5. The molecule has 0 unspecified atom stereocenters. The maximum atomic E-state index is 13.4. The molecule has 8 heteroatoms. The van der Waals surface area contributed by atoms with Crippen molar-refractivity contribution in [3.05, 3.63) is 113 Å². The van der Waals surface area contributed by atoms with Crippen LogP contribution < -0.4 is 4.74 Å². The number of nitrogens with zero attached hydrogens (tertiary/aromatic N) is 3. The van der Waals surface area contributed by atoms with E-state index in [1.807, 2.05) is 84.9 Å². The van der Waals surface area contributed by atoms with Crippen LogP contribution in [0.1, 0.15) is 21.5 Å². The predicted molar refractivity (Wildman–Crippen MR) is 163 cm³/mol. The number of rotatable bonds is 6. The SMILES string of the molecule is CN1C(=O)/C(=C\c2c(OCc3ccccc3)ccc3ccccc23)SC1=Nc1cccc(C(=O)N2CCOCC2)c1. The van der Waals surface area contributed by atoms with Crippen LogP contribution in [0.25, 0.3) is 16.8 Å². The van der Waals surface area contributed by atoms with Gasteiger partial charge in [0.05, 0.1) is 23.8 Å². The first kappa shape index (κ1) is 26.8. The Morgan fingerprint density at radius 2 is 1.76 bits per heavy atom. The monoisotopic (exact) mass is 563 g/mol. The van der Waals surface area contributed by atoms with Crippen LogP contribution in [0, 0.1) is 0 Å². The standard InChI is InChI=1S/C33H29N3O4S/c1-35-32(38)30(41-33(35)34-26-12-7-11-25(20-26)31(37)36-16-18-39-19-17-36)21-28-27-13-6-5-10-24(27)14-15-29(28)40-22-23-8-3-2-4-9-23/h2-15,20-21H,16-19,22H2,1H3/b30-21+,34-33?. The molecule has 0 atom stereocenters. The van der Waals surface area contributed by atoms with E-state index in [1.54, 1.807) is 29.0 Å². The molecule has 7 nitrogen and oxygen atoms in total. The number of amides is 2. The van der Waals surface area contributed by atoms with Crippen molar-refractivity contribution in [3.8, 4) is 5.75 Å². The molecule has 2 aliphatic rings. The molecule has 41 heavy (non-hydrogen) atoms. The lowest BCUT2D eigenvalue weighted by atomic mass is 10.0. The quantitative estimate of drug-likeness (QED) is 0.264. The molecule has 0 radical (unpaired) electrons. The minimum absolute atomic E-state index is 0.0431. The van der Waals surface area contributed by atoms with E-state index < -0.39 is 0 Å². The van der Waals surface area contributed by atoms with Crippen molar-refractivity contribution in [2.45, 2.75) is 6.61 Å². The lowest BCUT2D eigenvalue weighted by Gasteiger charge is -2.26. The Morgan fingerprint density at radius 3 is 2.59 bits per heavy atom. The zero-order valence-electron chi connectivity index (χ0n) is 22.7. The molecule has 2 saturated heterocycles. The molecule has 0 aliphatic carbocycles. The van der Waals surface area contributed by atoms with E-state index in [0.717, 1.165) is 21.9 Å². The van der Waals surface area contributed by atoms with Gasteiger partial charge in [-0.05, 0) is 58.4 Å². The highest BCUT2D eigenvalue weighted by Crippen LogP contribution is 2.37. The summed E-state index contributed by atoms with van der Waals surface area (Å²) in [6.07, 6.45) is 1.90. The Hall–Kier alpha value is -4.40. The molecule has 0 spiro atoms. The van der Waals surface area contributed by atoms with Gasteiger partial charge in [-0.2, -0.15) is 0 Å². The first-order valence-electron chi connectivity index (χ1n) is 13.5. The third-order valence-corrected chi connectivity index (χ3v) is 8.12. The van der Waals surface area contributed by atoms with Crippen molar-refractivity contribution < 1.29 is 19.1 Å². The van der Waals surface area contributed by atoms with Crippen molar-refractivity contribution >= 4 is 51.3 Å². The maximum Gasteiger partial charge on any atom is 0.266 e. The number of benzene rings is 4. The molecular formula is C33H29N3O4S. The van der Waals surface area contributed by atoms with Crippen molar-refractivity contribution in [1.82, 2.24) is 9.80 Å². The number of ether oxygens (including phenoxy) is 2. The topological polar surface area (TPSA) is 71.4 Å². The van der Waals surface area contributed by atoms with Crippen molar-refractivity contribution in [2.75, 3.05) is 33.4 Å². The van der Waals surface area contributed by atoms with Gasteiger partial charge in [0.2, 0.25) is 0 Å². The molecule has 206 valence electrons. The average Bonchev–Trinajstić information content (AvgIpc) is 3.28. The van der Waals surface area contributed by atoms with E-state index in [0.29, 0.717) is 60.0 Å². The van der Waals surface area contributed by atoms with Crippen LogP contribution in [-0.4, -0.2) is 60.1 Å². The minimum Gasteiger partial charge on any atom is -0.488 e. The molecule has 2 aliphatic heterocycles. The Kier molecular flexibility index (Phi) is 7.84. The molecule has 0 N–H and O–H groups in total. The number of hydrogen-bond acceptors (Lipinski definition) is 6. The summed E-state index contributed by atoms with van der Waals surface area (Å²) in [6, 6.07) is 29.3. The van der Waals surface area contributed by atoms with E-state index >= 15 is 0 Å². The number of likely N-dealkylation sites (N-methyl/N-ethyl adjacent to an activating group) is 1. The van der Waals surface area contributed by atoms with Gasteiger partial charge < -0.3 is 14.4 Å². The Morgan fingerprint density at radius 1 is 0.976 bits per heavy atom. The molecule has 0 saturated carbocycles. The number of morpholine rings is 1. The Bertz CT molecular complexity index is 1660. The number of amidine groups is 1. The van der Waals surface area contributed by atoms with E-state index in [2.05, 4.69) is 0 Å². The van der Waals surface area contributed by atoms with Crippen molar-refractivity contribution in [3.63, 3.8) is 0 Å². The van der Waals surface area contributed by atoms with Gasteiger partial charge in [-0.15, -0.1) is 0 Å². The van der Waals surface area contributed by atoms with E-state index in [9.17, 15) is 9.59 Å². The van der Waals surface area contributed by atoms with Gasteiger partial charge in [0, 0.05) is 31.3 Å². The lowest BCUT2D eigenvalue weighted by molar-refractivity contribution is -0.121. The summed E-state index contributed by atoms with van der Waals surface area (Å²) in [5, 5.41) is 2.61. The van der Waals surface area contributed by atoms with Gasteiger partial charge in [-0.1, -0.05) is 66.7 Å². The molecule has 4 aromatic carbocycles. The highest BCUT2D eigenvalue weighted by atomic mass is 32.2. The van der Waals surface area contributed by atoms with Gasteiger partial charge >= 0.3 is 0 Å². The third kappa shape index (κ3) is 5.89. The molecule has 2 fully saturated rings. The van der Waals surface area contributed by atoms with E-state index in [1.165, 1.54) is 11.8 Å². The molecule has 2 amide bonds. The summed E-state index contributed by atoms with van der Waals surface area (Å²) >= 11 is 1.31. The molecular weight excluding hydrogens is 534 g/mol. The van der Waals surface area contributed by atoms with Gasteiger partial charge in [0.25, 0.3) is 11.8 Å². The van der Waals surface area contributed by atoms with Gasteiger partial charge in [-0.25, -0.2) is 4.99 Å². The largest absolute Gasteiger partial charge is 0.488 e. The third-order valence-electron chi connectivity index (χ3n) is 7.06. The molecule has 6 rings (SSSR count). The molecule has 2 heterocycles. The lowest BCUT2D eigenvalue weighted by Crippen LogP contribution is -2.40. The second kappa shape index (κ2) is 12.0. The number of thioether (sulfide) groups is 1. The van der Waals surface area contributed by atoms with Crippen LogP contribution in [0.4, 0.5) is 5.69 Å². The van der Waals surface area contributed by atoms with Crippen molar-refractivity contribution in [2.24, 2.45) is 4.99 Å². The number of aliphatic imine (C=N–C) groups is 1. The summed E-state index contributed by atoms with van der Waals surface area (Å²) in [7, 11) is 1.72. The van der Waals surface area contributed by atoms with Gasteiger partial charge in [0.15, 0.2) is 5.17 Å². The van der Waals surface area contributed by atoms with Crippen LogP contribution in [0.2, 0.25) is 0 Å². The summed E-state index contributed by atoms with van der Waals surface area (Å²) in [5.41, 5.74) is 3.10. The highest BCUT2D eigenvalue weighted by Gasteiger charge is 2.31. The fraction of sp³-hybridized carbons (Fsp3) is 0.182. The zero-order chi connectivity index (χ0) is 28.2. The fourth-order valence-corrected chi connectivity index (χ4v) is 5.80. The minimum atomic E-state index is -0.142. The first-order chi connectivity index (χ1) is 20.1. The van der Waals surface area contributed by atoms with Crippen LogP contribution >= 0.6 is 11.8 Å². The van der Waals surface area contributed by atoms with E-state index in [4.69, 9.17) is 14.5 Å². The highest BCUT2D eigenvalue weighted by molar-refractivity contribution is 8.18. The smallest absolute Gasteiger partial charge is 0.266 e. The number of fused-ring (bicyclic) bond motifs is 1. The number of hydrogen-bond donors (Lipinski definition) is 0. The van der Waals surface area contributed by atoms with Crippen LogP contribution in [0.15, 0.2) is 101 Å².